The molecule has 0 radical (unpaired) electrons. The van der Waals surface area contributed by atoms with E-state index in [9.17, 15) is 8.42 Å². The summed E-state index contributed by atoms with van der Waals surface area (Å²) in [5, 5.41) is 15.2. The maximum absolute atomic E-state index is 13.2. The van der Waals surface area contributed by atoms with E-state index in [2.05, 4.69) is 36.7 Å². The summed E-state index contributed by atoms with van der Waals surface area (Å²) < 4.78 is 37.6. The fraction of sp³-hybridized carbons (Fsp3) is 0.421. The highest BCUT2D eigenvalue weighted by Gasteiger charge is 2.38. The quantitative estimate of drug-likeness (QED) is 0.635. The van der Waals surface area contributed by atoms with Crippen LogP contribution in [0.4, 0.5) is 5.82 Å². The Hall–Kier alpha value is -3.12. The maximum Gasteiger partial charge on any atom is 0.285 e. The van der Waals surface area contributed by atoms with E-state index in [1.807, 2.05) is 6.92 Å². The molecule has 11 nitrogen and oxygen atoms in total. The van der Waals surface area contributed by atoms with E-state index in [0.29, 0.717) is 53.9 Å². The zero-order chi connectivity index (χ0) is 21.9. The number of sulfonamides is 1. The van der Waals surface area contributed by atoms with Crippen molar-refractivity contribution in [2.24, 2.45) is 11.4 Å². The van der Waals surface area contributed by atoms with Crippen LogP contribution in [0.3, 0.4) is 0 Å². The normalized spacial score (nSPS) is 20.1. The average Bonchev–Trinajstić information content (AvgIpc) is 3.37. The number of anilines is 1. The van der Waals surface area contributed by atoms with Gasteiger partial charge in [0.05, 0.1) is 42.0 Å². The predicted octanol–water partition coefficient (Wildman–Crippen LogP) is 0.982. The van der Waals surface area contributed by atoms with Crippen LogP contribution < -0.4 is 4.90 Å². The fourth-order valence-electron chi connectivity index (χ4n) is 4.09. The van der Waals surface area contributed by atoms with Gasteiger partial charge in [0.25, 0.3) is 10.0 Å². The number of morpholine rings is 1. The first-order valence-electron chi connectivity index (χ1n) is 9.90. The molecule has 1 N–H and O–H groups in total. The van der Waals surface area contributed by atoms with Gasteiger partial charge in [0, 0.05) is 19.2 Å². The second-order valence-corrected chi connectivity index (χ2v) is 9.35. The van der Waals surface area contributed by atoms with Gasteiger partial charge in [0.2, 0.25) is 0 Å². The summed E-state index contributed by atoms with van der Waals surface area (Å²) in [5.74, 6) is 0.659. The molecule has 1 fully saturated rings. The fourth-order valence-corrected chi connectivity index (χ4v) is 5.43. The lowest BCUT2D eigenvalue weighted by molar-refractivity contribution is 0.0985. The third kappa shape index (κ3) is 3.13. The molecule has 5 heterocycles. The minimum absolute atomic E-state index is 0.0629. The largest absolute Gasteiger partial charge is 0.377 e. The number of pyridine rings is 1. The molecule has 2 aliphatic rings. The van der Waals surface area contributed by atoms with Gasteiger partial charge in [-0.3, -0.25) is 5.10 Å². The molecule has 0 spiro atoms. The van der Waals surface area contributed by atoms with E-state index >= 15 is 0 Å². The Morgan fingerprint density at radius 2 is 2.06 bits per heavy atom. The second kappa shape index (κ2) is 6.95. The van der Waals surface area contributed by atoms with Crippen LogP contribution in [0.2, 0.25) is 0 Å². The van der Waals surface area contributed by atoms with Gasteiger partial charge < -0.3 is 9.64 Å². The number of hydrogen-bond acceptors (Lipinski definition) is 8. The predicted molar refractivity (Wildman–Crippen MR) is 113 cm³/mol. The number of H-pyrrole nitrogens is 1. The lowest BCUT2D eigenvalue weighted by atomic mass is 10.1. The van der Waals surface area contributed by atoms with Gasteiger partial charge in [-0.05, 0) is 32.9 Å². The minimum Gasteiger partial charge on any atom is -0.377 e. The smallest absolute Gasteiger partial charge is 0.285 e. The van der Waals surface area contributed by atoms with Crippen molar-refractivity contribution in [2.75, 3.05) is 24.7 Å². The number of fused-ring (bicyclic) bond motifs is 1. The van der Waals surface area contributed by atoms with Crippen molar-refractivity contribution in [3.05, 3.63) is 34.9 Å². The molecular formula is C19H22N8O3S. The Balaban J connectivity index is 1.80. The highest BCUT2D eigenvalue weighted by atomic mass is 32.2. The number of nitrogens with one attached hydrogen (secondary N) is 1. The second-order valence-electron chi connectivity index (χ2n) is 7.81. The molecule has 1 atom stereocenters. The number of nitrogens with zero attached hydrogens (tertiary/aromatic N) is 7. The number of hydrogen-bond donors (Lipinski definition) is 1. The van der Waals surface area contributed by atoms with Gasteiger partial charge in [-0.25, -0.2) is 9.67 Å². The Bertz CT molecular complexity index is 1300. The van der Waals surface area contributed by atoms with Crippen LogP contribution in [0.1, 0.15) is 29.7 Å². The molecule has 1 saturated heterocycles. The number of aromatic nitrogens is 6. The number of rotatable bonds is 3. The van der Waals surface area contributed by atoms with Crippen molar-refractivity contribution in [3.8, 4) is 11.3 Å². The highest BCUT2D eigenvalue weighted by Crippen LogP contribution is 2.39. The molecule has 162 valence electrons. The molecule has 31 heavy (non-hydrogen) atoms. The third-order valence-electron chi connectivity index (χ3n) is 5.53. The summed E-state index contributed by atoms with van der Waals surface area (Å²) in [6.07, 6.45) is 0. The van der Waals surface area contributed by atoms with Crippen molar-refractivity contribution in [2.45, 2.75) is 31.7 Å². The maximum atomic E-state index is 13.2. The lowest BCUT2D eigenvalue weighted by Gasteiger charge is -2.34. The number of ether oxygens (including phenoxy) is 1. The molecule has 3 aromatic heterocycles. The van der Waals surface area contributed by atoms with Crippen LogP contribution in [0.15, 0.2) is 21.4 Å². The van der Waals surface area contributed by atoms with Crippen LogP contribution in [0.5, 0.6) is 0 Å². The van der Waals surface area contributed by atoms with Crippen molar-refractivity contribution in [1.29, 1.82) is 0 Å². The van der Waals surface area contributed by atoms with Gasteiger partial charge >= 0.3 is 0 Å². The van der Waals surface area contributed by atoms with Gasteiger partial charge in [0.1, 0.15) is 22.1 Å². The van der Waals surface area contributed by atoms with Crippen LogP contribution in [-0.2, 0) is 21.8 Å². The van der Waals surface area contributed by atoms with Gasteiger partial charge in [-0.1, -0.05) is 5.21 Å². The van der Waals surface area contributed by atoms with Crippen molar-refractivity contribution >= 4 is 21.6 Å². The molecule has 3 aromatic rings. The third-order valence-corrected chi connectivity index (χ3v) is 6.88. The van der Waals surface area contributed by atoms with Crippen molar-refractivity contribution in [3.63, 3.8) is 0 Å². The van der Waals surface area contributed by atoms with E-state index in [1.165, 1.54) is 0 Å². The molecule has 12 heteroatoms. The van der Waals surface area contributed by atoms with Crippen LogP contribution in [0.25, 0.3) is 11.3 Å². The zero-order valence-corrected chi connectivity index (χ0v) is 18.4. The van der Waals surface area contributed by atoms with E-state index in [0.717, 1.165) is 5.69 Å². The molecule has 5 rings (SSSR count). The molecule has 0 saturated carbocycles. The average molecular weight is 443 g/mol. The first-order chi connectivity index (χ1) is 14.8. The molecule has 0 amide bonds. The van der Waals surface area contributed by atoms with E-state index in [1.54, 1.807) is 30.8 Å². The summed E-state index contributed by atoms with van der Waals surface area (Å²) in [7, 11) is -2.24. The minimum atomic E-state index is -3.98. The standard InChI is InChI=1S/C19H22N8O3S/c1-10-7-14(23-21-10)16-17-19(31(28,29)24-16)13(18-12(3)22-25-26(18)4)8-15(20-17)27-5-6-30-9-11(27)2/h7-8,11H,5-6,9H2,1-4H3,(H,21,23). The number of aryl methyl sites for hydroxylation is 3. The molecular weight excluding hydrogens is 420 g/mol. The lowest BCUT2D eigenvalue weighted by Crippen LogP contribution is -2.44. The summed E-state index contributed by atoms with van der Waals surface area (Å²) in [6, 6.07) is 3.64. The Morgan fingerprint density at radius 1 is 1.26 bits per heavy atom. The summed E-state index contributed by atoms with van der Waals surface area (Å²) in [4.78, 5) is 6.96. The molecule has 1 unspecified atom stereocenters. The van der Waals surface area contributed by atoms with Gasteiger partial charge in [0.15, 0.2) is 0 Å². The summed E-state index contributed by atoms with van der Waals surface area (Å²) in [5.41, 5.74) is 3.51. The van der Waals surface area contributed by atoms with Gasteiger partial charge in [-0.2, -0.15) is 17.9 Å². The summed E-state index contributed by atoms with van der Waals surface area (Å²) >= 11 is 0. The molecule has 0 aliphatic carbocycles. The monoisotopic (exact) mass is 442 g/mol. The Kier molecular flexibility index (Phi) is 4.45. The van der Waals surface area contributed by atoms with Gasteiger partial charge in [-0.15, -0.1) is 5.10 Å². The Morgan fingerprint density at radius 3 is 2.71 bits per heavy atom. The van der Waals surface area contributed by atoms with E-state index < -0.39 is 10.0 Å². The topological polar surface area (TPSA) is 131 Å². The van der Waals surface area contributed by atoms with Crippen LogP contribution in [0, 0.1) is 13.8 Å². The SMILES string of the molecule is Cc1cc(C2=NS(=O)(=O)c3c(-c4c(C)nnn4C)cc(N4CCOCC4C)nc32)[nH]n1. The molecule has 0 bridgehead atoms. The van der Waals surface area contributed by atoms with E-state index in [4.69, 9.17) is 9.72 Å². The molecule has 2 aliphatic heterocycles. The van der Waals surface area contributed by atoms with E-state index in [-0.39, 0.29) is 16.6 Å². The van der Waals surface area contributed by atoms with Crippen LogP contribution in [-0.4, -0.2) is 70.1 Å². The van der Waals surface area contributed by atoms with Crippen molar-refractivity contribution in [1.82, 2.24) is 30.2 Å². The number of aromatic amines is 1. The molecule has 0 aromatic carbocycles. The summed E-state index contributed by atoms with van der Waals surface area (Å²) in [6.45, 7) is 7.46. The first-order valence-corrected chi connectivity index (χ1v) is 11.3. The van der Waals surface area contributed by atoms with Crippen molar-refractivity contribution < 1.29 is 13.2 Å². The first kappa shape index (κ1) is 19.8. The zero-order valence-electron chi connectivity index (χ0n) is 17.6. The Labute approximate surface area is 179 Å². The highest BCUT2D eigenvalue weighted by molar-refractivity contribution is 7.91. The van der Waals surface area contributed by atoms with Crippen LogP contribution >= 0.6 is 0 Å².